The summed E-state index contributed by atoms with van der Waals surface area (Å²) in [5.74, 6) is 2.00. The lowest BCUT2D eigenvalue weighted by atomic mass is 9.89. The van der Waals surface area contributed by atoms with Crippen LogP contribution >= 0.6 is 0 Å². The Morgan fingerprint density at radius 3 is 2.87 bits per heavy atom. The first-order chi connectivity index (χ1) is 7.17. The number of nitrogens with zero attached hydrogens (tertiary/aromatic N) is 2. The highest BCUT2D eigenvalue weighted by Gasteiger charge is 2.27. The Bertz CT molecular complexity index is 349. The van der Waals surface area contributed by atoms with E-state index in [1.807, 2.05) is 6.92 Å². The van der Waals surface area contributed by atoms with Gasteiger partial charge in [0.1, 0.15) is 17.5 Å². The van der Waals surface area contributed by atoms with Gasteiger partial charge in [0.2, 0.25) is 0 Å². The predicted octanol–water partition coefficient (Wildman–Crippen LogP) is 0.556. The van der Waals surface area contributed by atoms with Crippen molar-refractivity contribution in [3.05, 3.63) is 11.9 Å². The Morgan fingerprint density at radius 2 is 2.27 bits per heavy atom. The van der Waals surface area contributed by atoms with Crippen molar-refractivity contribution in [3.63, 3.8) is 0 Å². The van der Waals surface area contributed by atoms with E-state index >= 15 is 0 Å². The quantitative estimate of drug-likeness (QED) is 0.675. The van der Waals surface area contributed by atoms with Crippen LogP contribution in [0.3, 0.4) is 0 Å². The molecule has 1 saturated carbocycles. The molecule has 0 amide bonds. The lowest BCUT2D eigenvalue weighted by Crippen LogP contribution is -2.39. The summed E-state index contributed by atoms with van der Waals surface area (Å²) in [5.41, 5.74) is 5.66. The normalized spacial score (nSPS) is 24.7. The molecule has 0 atom stereocenters. The van der Waals surface area contributed by atoms with Gasteiger partial charge in [-0.2, -0.15) is 0 Å². The van der Waals surface area contributed by atoms with E-state index in [9.17, 15) is 0 Å². The summed E-state index contributed by atoms with van der Waals surface area (Å²) in [5, 5.41) is 12.4. The topological polar surface area (TPSA) is 84.1 Å². The van der Waals surface area contributed by atoms with Crippen LogP contribution in [-0.4, -0.2) is 27.2 Å². The summed E-state index contributed by atoms with van der Waals surface area (Å²) in [4.78, 5) is 8.41. The number of hydrogen-bond donors (Lipinski definition) is 3. The molecule has 0 aromatic carbocycles. The number of aliphatic hydroxyl groups excluding tert-OH is 1. The second kappa shape index (κ2) is 4.02. The standard InChI is InChI=1S/C10H16N4O/c1-2-9-13-8(11)5-10(14-9)12-6-3-7(15)4-6/h5-7,15H,2-4H2,1H3,(H3,11,12,13,14). The average Bonchev–Trinajstić information content (AvgIpc) is 2.14. The minimum absolute atomic E-state index is 0.160. The first-order valence-corrected chi connectivity index (χ1v) is 5.25. The summed E-state index contributed by atoms with van der Waals surface area (Å²) >= 11 is 0. The lowest BCUT2D eigenvalue weighted by Gasteiger charge is -2.32. The molecule has 1 aromatic heterocycles. The van der Waals surface area contributed by atoms with Crippen molar-refractivity contribution in [3.8, 4) is 0 Å². The molecule has 5 heteroatoms. The molecule has 1 aromatic rings. The molecule has 4 N–H and O–H groups in total. The van der Waals surface area contributed by atoms with E-state index in [0.29, 0.717) is 11.9 Å². The van der Waals surface area contributed by atoms with Gasteiger partial charge in [0.25, 0.3) is 0 Å². The van der Waals surface area contributed by atoms with Crippen molar-refractivity contribution in [2.24, 2.45) is 0 Å². The van der Waals surface area contributed by atoms with E-state index < -0.39 is 0 Å². The molecule has 15 heavy (non-hydrogen) atoms. The van der Waals surface area contributed by atoms with Crippen LogP contribution in [0.4, 0.5) is 11.6 Å². The zero-order valence-electron chi connectivity index (χ0n) is 8.77. The number of rotatable bonds is 3. The fourth-order valence-electron chi connectivity index (χ4n) is 1.66. The molecular weight excluding hydrogens is 192 g/mol. The van der Waals surface area contributed by atoms with Crippen LogP contribution in [0.1, 0.15) is 25.6 Å². The first kappa shape index (κ1) is 10.2. The van der Waals surface area contributed by atoms with Gasteiger partial charge in [0, 0.05) is 18.5 Å². The van der Waals surface area contributed by atoms with Crippen molar-refractivity contribution < 1.29 is 5.11 Å². The number of hydrogen-bond acceptors (Lipinski definition) is 5. The maximum absolute atomic E-state index is 9.15. The molecule has 0 bridgehead atoms. The van der Waals surface area contributed by atoms with Crippen LogP contribution in [0.25, 0.3) is 0 Å². The van der Waals surface area contributed by atoms with E-state index in [1.165, 1.54) is 0 Å². The zero-order valence-corrected chi connectivity index (χ0v) is 8.77. The molecule has 0 aliphatic heterocycles. The molecule has 0 spiro atoms. The van der Waals surface area contributed by atoms with Gasteiger partial charge >= 0.3 is 0 Å². The third-order valence-electron chi connectivity index (χ3n) is 2.57. The van der Waals surface area contributed by atoms with Crippen molar-refractivity contribution in [2.45, 2.75) is 38.3 Å². The predicted molar refractivity (Wildman–Crippen MR) is 58.5 cm³/mol. The second-order valence-electron chi connectivity index (χ2n) is 3.91. The summed E-state index contributed by atoms with van der Waals surface area (Å²) < 4.78 is 0. The minimum Gasteiger partial charge on any atom is -0.393 e. The first-order valence-electron chi connectivity index (χ1n) is 5.25. The molecular formula is C10H16N4O. The number of aliphatic hydroxyl groups is 1. The number of nitrogens with one attached hydrogen (secondary N) is 1. The molecule has 0 radical (unpaired) electrons. The number of nitrogen functional groups attached to an aromatic ring is 1. The highest BCUT2D eigenvalue weighted by atomic mass is 16.3. The third kappa shape index (κ3) is 2.36. The molecule has 1 aliphatic rings. The maximum atomic E-state index is 9.15. The monoisotopic (exact) mass is 208 g/mol. The fraction of sp³-hybridized carbons (Fsp3) is 0.600. The Kier molecular flexibility index (Phi) is 2.73. The van der Waals surface area contributed by atoms with Crippen molar-refractivity contribution in [1.82, 2.24) is 9.97 Å². The van der Waals surface area contributed by atoms with Crippen LogP contribution in [-0.2, 0) is 6.42 Å². The largest absolute Gasteiger partial charge is 0.393 e. The van der Waals surface area contributed by atoms with Gasteiger partial charge in [0.15, 0.2) is 0 Å². The highest BCUT2D eigenvalue weighted by molar-refractivity contribution is 5.45. The van der Waals surface area contributed by atoms with Crippen LogP contribution in [0.5, 0.6) is 0 Å². The van der Waals surface area contributed by atoms with E-state index in [-0.39, 0.29) is 6.10 Å². The minimum atomic E-state index is -0.160. The lowest BCUT2D eigenvalue weighted by molar-refractivity contribution is 0.0835. The second-order valence-corrected chi connectivity index (χ2v) is 3.91. The Balaban J connectivity index is 2.04. The van der Waals surface area contributed by atoms with E-state index in [1.54, 1.807) is 6.07 Å². The Labute approximate surface area is 88.7 Å². The molecule has 1 heterocycles. The van der Waals surface area contributed by atoms with E-state index in [4.69, 9.17) is 10.8 Å². The van der Waals surface area contributed by atoms with Gasteiger partial charge in [-0.1, -0.05) is 6.92 Å². The summed E-state index contributed by atoms with van der Waals surface area (Å²) in [7, 11) is 0. The van der Waals surface area contributed by atoms with E-state index in [0.717, 1.165) is 30.9 Å². The Hall–Kier alpha value is -1.36. The Morgan fingerprint density at radius 1 is 1.53 bits per heavy atom. The van der Waals surface area contributed by atoms with Crippen molar-refractivity contribution >= 4 is 11.6 Å². The smallest absolute Gasteiger partial charge is 0.132 e. The fourth-order valence-corrected chi connectivity index (χ4v) is 1.66. The molecule has 2 rings (SSSR count). The van der Waals surface area contributed by atoms with E-state index in [2.05, 4.69) is 15.3 Å². The van der Waals surface area contributed by atoms with Gasteiger partial charge in [-0.15, -0.1) is 0 Å². The van der Waals surface area contributed by atoms with Crippen molar-refractivity contribution in [1.29, 1.82) is 0 Å². The van der Waals surface area contributed by atoms with Crippen LogP contribution < -0.4 is 11.1 Å². The highest BCUT2D eigenvalue weighted by Crippen LogP contribution is 2.23. The zero-order chi connectivity index (χ0) is 10.8. The van der Waals surface area contributed by atoms with Crippen LogP contribution in [0.15, 0.2) is 6.07 Å². The number of aryl methyl sites for hydroxylation is 1. The molecule has 82 valence electrons. The summed E-state index contributed by atoms with van der Waals surface area (Å²) in [6.45, 7) is 1.99. The number of anilines is 2. The van der Waals surface area contributed by atoms with Gasteiger partial charge < -0.3 is 16.2 Å². The molecule has 0 saturated heterocycles. The third-order valence-corrected chi connectivity index (χ3v) is 2.57. The van der Waals surface area contributed by atoms with Gasteiger partial charge in [0.05, 0.1) is 6.10 Å². The van der Waals surface area contributed by atoms with Crippen LogP contribution in [0.2, 0.25) is 0 Å². The van der Waals surface area contributed by atoms with Crippen molar-refractivity contribution in [2.75, 3.05) is 11.1 Å². The summed E-state index contributed by atoms with van der Waals surface area (Å²) in [6.07, 6.45) is 2.18. The van der Waals surface area contributed by atoms with Gasteiger partial charge in [-0.3, -0.25) is 0 Å². The van der Waals surface area contributed by atoms with Crippen LogP contribution in [0, 0.1) is 0 Å². The molecule has 5 nitrogen and oxygen atoms in total. The van der Waals surface area contributed by atoms with Gasteiger partial charge in [-0.05, 0) is 12.8 Å². The van der Waals surface area contributed by atoms with Gasteiger partial charge in [-0.25, -0.2) is 9.97 Å². The number of nitrogens with two attached hydrogens (primary N) is 1. The number of aromatic nitrogens is 2. The summed E-state index contributed by atoms with van der Waals surface area (Å²) in [6, 6.07) is 2.04. The molecule has 1 fully saturated rings. The molecule has 1 aliphatic carbocycles. The maximum Gasteiger partial charge on any atom is 0.132 e. The SMILES string of the molecule is CCc1nc(N)cc(NC2CC(O)C2)n1. The molecule has 0 unspecified atom stereocenters. The average molecular weight is 208 g/mol.